The van der Waals surface area contributed by atoms with Crippen molar-refractivity contribution in [1.29, 1.82) is 0 Å². The minimum Gasteiger partial charge on any atom is -0.478 e. The fourth-order valence-electron chi connectivity index (χ4n) is 2.55. The number of nitrogens with two attached hydrogens (primary N) is 1. The van der Waals surface area contributed by atoms with E-state index in [0.717, 1.165) is 16.5 Å². The Bertz CT molecular complexity index is 627. The first kappa shape index (κ1) is 13.6. The van der Waals surface area contributed by atoms with Gasteiger partial charge in [0.05, 0.1) is 11.1 Å². The van der Waals surface area contributed by atoms with Crippen molar-refractivity contribution in [2.75, 3.05) is 6.54 Å². The Labute approximate surface area is 112 Å². The van der Waals surface area contributed by atoms with Gasteiger partial charge in [0.25, 0.3) is 0 Å². The molecule has 0 unspecified atom stereocenters. The predicted octanol–water partition coefficient (Wildman–Crippen LogP) is 2.73. The van der Waals surface area contributed by atoms with Crippen molar-refractivity contribution < 1.29 is 9.90 Å². The number of rotatable bonds is 4. The van der Waals surface area contributed by atoms with E-state index in [9.17, 15) is 9.90 Å². The molecule has 2 rings (SSSR count). The number of aromatic carboxylic acids is 1. The van der Waals surface area contributed by atoms with E-state index in [4.69, 9.17) is 5.73 Å². The molecule has 0 atom stereocenters. The van der Waals surface area contributed by atoms with E-state index in [1.54, 1.807) is 6.07 Å². The van der Waals surface area contributed by atoms with Gasteiger partial charge in [-0.3, -0.25) is 0 Å². The highest BCUT2D eigenvalue weighted by atomic mass is 16.4. The summed E-state index contributed by atoms with van der Waals surface area (Å²) in [6.07, 6.45) is 2.04. The van der Waals surface area contributed by atoms with Gasteiger partial charge in [0.15, 0.2) is 0 Å². The van der Waals surface area contributed by atoms with Gasteiger partial charge in [0, 0.05) is 24.7 Å². The van der Waals surface area contributed by atoms with Crippen molar-refractivity contribution >= 4 is 16.9 Å². The third-order valence-corrected chi connectivity index (χ3v) is 3.37. The molecular weight excluding hydrogens is 240 g/mol. The van der Waals surface area contributed by atoms with E-state index in [-0.39, 0.29) is 0 Å². The highest BCUT2D eigenvalue weighted by Crippen LogP contribution is 2.31. The Balaban J connectivity index is 2.85. The first-order valence-corrected chi connectivity index (χ1v) is 6.52. The molecule has 0 amide bonds. The maximum Gasteiger partial charge on any atom is 0.337 e. The van der Waals surface area contributed by atoms with E-state index in [2.05, 4.69) is 19.9 Å². The van der Waals surface area contributed by atoms with Crippen LogP contribution in [0.5, 0.6) is 0 Å². The van der Waals surface area contributed by atoms with Crippen LogP contribution >= 0.6 is 0 Å². The van der Waals surface area contributed by atoms with Crippen molar-refractivity contribution in [3.63, 3.8) is 0 Å². The second kappa shape index (κ2) is 5.05. The van der Waals surface area contributed by atoms with Crippen LogP contribution in [0.3, 0.4) is 0 Å². The summed E-state index contributed by atoms with van der Waals surface area (Å²) in [5.74, 6) is -0.537. The topological polar surface area (TPSA) is 68.2 Å². The third-order valence-electron chi connectivity index (χ3n) is 3.37. The number of hydrogen-bond acceptors (Lipinski definition) is 2. The highest BCUT2D eigenvalue weighted by molar-refractivity contribution is 6.04. The molecule has 1 heterocycles. The van der Waals surface area contributed by atoms with Crippen LogP contribution in [0.15, 0.2) is 18.3 Å². The van der Waals surface area contributed by atoms with Crippen LogP contribution in [0.1, 0.15) is 41.3 Å². The molecule has 1 aromatic heterocycles. The monoisotopic (exact) mass is 260 g/mol. The number of benzene rings is 1. The van der Waals surface area contributed by atoms with E-state index in [0.29, 0.717) is 24.6 Å². The molecule has 0 spiro atoms. The molecule has 0 aliphatic rings. The Kier molecular flexibility index (Phi) is 3.62. The molecule has 0 saturated carbocycles. The molecule has 102 valence electrons. The molecule has 2 aromatic rings. The fourth-order valence-corrected chi connectivity index (χ4v) is 2.55. The molecule has 1 aromatic carbocycles. The summed E-state index contributed by atoms with van der Waals surface area (Å²) >= 11 is 0. The van der Waals surface area contributed by atoms with Crippen LogP contribution in [0.25, 0.3) is 10.9 Å². The summed E-state index contributed by atoms with van der Waals surface area (Å²) in [4.78, 5) is 11.5. The molecule has 0 aliphatic carbocycles. The quantitative estimate of drug-likeness (QED) is 0.888. The summed E-state index contributed by atoms with van der Waals surface area (Å²) in [5.41, 5.74) is 8.91. The van der Waals surface area contributed by atoms with E-state index < -0.39 is 5.97 Å². The summed E-state index contributed by atoms with van der Waals surface area (Å²) in [5, 5.41) is 10.4. The summed E-state index contributed by atoms with van der Waals surface area (Å²) in [6, 6.07) is 3.78. The Hall–Kier alpha value is -1.81. The van der Waals surface area contributed by atoms with Crippen molar-refractivity contribution in [3.05, 3.63) is 35.0 Å². The van der Waals surface area contributed by atoms with Crippen LogP contribution in [0, 0.1) is 6.92 Å². The number of aromatic nitrogens is 1. The normalized spacial score (nSPS) is 11.4. The van der Waals surface area contributed by atoms with Crippen LogP contribution in [-0.4, -0.2) is 22.2 Å². The van der Waals surface area contributed by atoms with Crippen molar-refractivity contribution in [3.8, 4) is 0 Å². The van der Waals surface area contributed by atoms with Gasteiger partial charge in [-0.25, -0.2) is 4.79 Å². The van der Waals surface area contributed by atoms with E-state index in [1.165, 1.54) is 5.56 Å². The molecular formula is C15H20N2O2. The average Bonchev–Trinajstić information content (AvgIpc) is 2.67. The number of carboxylic acid groups (broad SMARTS) is 1. The number of hydrogen-bond donors (Lipinski definition) is 2. The lowest BCUT2D eigenvalue weighted by Gasteiger charge is -2.07. The van der Waals surface area contributed by atoms with Gasteiger partial charge in [0.2, 0.25) is 0 Å². The zero-order valence-electron chi connectivity index (χ0n) is 11.6. The number of nitrogens with zero attached hydrogens (tertiary/aromatic N) is 1. The molecule has 0 saturated heterocycles. The number of carboxylic acids is 1. The van der Waals surface area contributed by atoms with E-state index in [1.807, 2.05) is 17.7 Å². The molecule has 3 N–H and O–H groups in total. The number of fused-ring (bicyclic) bond motifs is 1. The van der Waals surface area contributed by atoms with Crippen LogP contribution in [0.2, 0.25) is 0 Å². The van der Waals surface area contributed by atoms with Gasteiger partial charge in [-0.05, 0) is 36.1 Å². The van der Waals surface area contributed by atoms with Gasteiger partial charge >= 0.3 is 5.97 Å². The highest BCUT2D eigenvalue weighted by Gasteiger charge is 2.18. The first-order valence-electron chi connectivity index (χ1n) is 6.52. The number of aryl methyl sites for hydroxylation is 1. The second-order valence-corrected chi connectivity index (χ2v) is 5.24. The molecule has 0 bridgehead atoms. The average molecular weight is 260 g/mol. The first-order chi connectivity index (χ1) is 8.95. The van der Waals surface area contributed by atoms with Crippen LogP contribution < -0.4 is 5.73 Å². The maximum absolute atomic E-state index is 11.5. The standard InChI is InChI=1S/C15H20N2O2/c1-9(2)13-8-17(5-4-16)14-11(13)6-10(3)7-12(14)15(18)19/h6-9H,4-5,16H2,1-3H3,(H,18,19). The minimum atomic E-state index is -0.889. The van der Waals surface area contributed by atoms with Crippen molar-refractivity contribution in [1.82, 2.24) is 4.57 Å². The van der Waals surface area contributed by atoms with Crippen LogP contribution in [-0.2, 0) is 6.54 Å². The van der Waals surface area contributed by atoms with Gasteiger partial charge in [-0.15, -0.1) is 0 Å². The molecule has 0 radical (unpaired) electrons. The summed E-state index contributed by atoms with van der Waals surface area (Å²) in [6.45, 7) is 7.28. The zero-order chi connectivity index (χ0) is 14.2. The fraction of sp³-hybridized carbons (Fsp3) is 0.400. The Morgan fingerprint density at radius 1 is 1.42 bits per heavy atom. The smallest absolute Gasteiger partial charge is 0.337 e. The van der Waals surface area contributed by atoms with Crippen molar-refractivity contribution in [2.45, 2.75) is 33.2 Å². The van der Waals surface area contributed by atoms with Gasteiger partial charge in [0.1, 0.15) is 0 Å². The van der Waals surface area contributed by atoms with Crippen molar-refractivity contribution in [2.24, 2.45) is 5.73 Å². The maximum atomic E-state index is 11.5. The predicted molar refractivity (Wildman–Crippen MR) is 76.8 cm³/mol. The zero-order valence-corrected chi connectivity index (χ0v) is 11.6. The number of carbonyl (C=O) groups is 1. The lowest BCUT2D eigenvalue weighted by atomic mass is 9.99. The second-order valence-electron chi connectivity index (χ2n) is 5.24. The molecule has 4 nitrogen and oxygen atoms in total. The van der Waals surface area contributed by atoms with Crippen LogP contribution in [0.4, 0.5) is 0 Å². The van der Waals surface area contributed by atoms with Gasteiger partial charge < -0.3 is 15.4 Å². The third kappa shape index (κ3) is 2.36. The molecule has 0 fully saturated rings. The Morgan fingerprint density at radius 3 is 2.63 bits per heavy atom. The summed E-state index contributed by atoms with van der Waals surface area (Å²) < 4.78 is 1.97. The molecule has 19 heavy (non-hydrogen) atoms. The largest absolute Gasteiger partial charge is 0.478 e. The lowest BCUT2D eigenvalue weighted by molar-refractivity contribution is 0.0698. The molecule has 0 aliphatic heterocycles. The molecule has 4 heteroatoms. The minimum absolute atomic E-state index is 0.352. The van der Waals surface area contributed by atoms with Gasteiger partial charge in [-0.1, -0.05) is 13.8 Å². The Morgan fingerprint density at radius 2 is 2.11 bits per heavy atom. The lowest BCUT2D eigenvalue weighted by Crippen LogP contribution is -2.10. The SMILES string of the molecule is Cc1cc(C(=O)O)c2c(c1)c(C(C)C)cn2CCN. The van der Waals surface area contributed by atoms with Gasteiger partial charge in [-0.2, -0.15) is 0 Å². The van der Waals surface area contributed by atoms with E-state index >= 15 is 0 Å². The summed E-state index contributed by atoms with van der Waals surface area (Å²) in [7, 11) is 0.